The Labute approximate surface area is 127 Å². The van der Waals surface area contributed by atoms with E-state index in [4.69, 9.17) is 4.74 Å². The van der Waals surface area contributed by atoms with Crippen LogP contribution in [-0.2, 0) is 4.74 Å². The molecule has 3 rings (SSSR count). The number of carbonyl (C=O) groups is 1. The van der Waals surface area contributed by atoms with Crippen LogP contribution in [0.15, 0.2) is 30.3 Å². The zero-order valence-electron chi connectivity index (χ0n) is 12.7. The maximum atomic E-state index is 11.9. The van der Waals surface area contributed by atoms with Gasteiger partial charge in [-0.1, -0.05) is 30.3 Å². The van der Waals surface area contributed by atoms with Crippen molar-refractivity contribution >= 4 is 11.6 Å². The topological polar surface area (TPSA) is 69.4 Å². The summed E-state index contributed by atoms with van der Waals surface area (Å²) in [7, 11) is 0. The lowest BCUT2D eigenvalue weighted by molar-refractivity contribution is 0.0516. The van der Waals surface area contributed by atoms with Crippen molar-refractivity contribution < 1.29 is 9.53 Å². The van der Waals surface area contributed by atoms with Crippen molar-refractivity contribution in [2.45, 2.75) is 20.8 Å². The van der Waals surface area contributed by atoms with Crippen molar-refractivity contribution in [2.24, 2.45) is 0 Å². The molecular formula is C16H16N4O2. The van der Waals surface area contributed by atoms with Crippen molar-refractivity contribution in [3.63, 3.8) is 0 Å². The molecule has 0 N–H and O–H groups in total. The summed E-state index contributed by atoms with van der Waals surface area (Å²) in [5.41, 5.74) is 4.22. The maximum Gasteiger partial charge on any atom is 0.360 e. The van der Waals surface area contributed by atoms with E-state index in [0.717, 1.165) is 16.8 Å². The summed E-state index contributed by atoms with van der Waals surface area (Å²) in [6, 6.07) is 9.86. The highest BCUT2D eigenvalue weighted by atomic mass is 16.5. The number of benzene rings is 1. The lowest BCUT2D eigenvalue weighted by atomic mass is 10.1. The predicted molar refractivity (Wildman–Crippen MR) is 81.6 cm³/mol. The second kappa shape index (κ2) is 5.55. The molecule has 1 aromatic carbocycles. The van der Waals surface area contributed by atoms with Gasteiger partial charge in [0.15, 0.2) is 11.3 Å². The highest BCUT2D eigenvalue weighted by molar-refractivity contribution is 5.88. The van der Waals surface area contributed by atoms with Gasteiger partial charge in [-0.25, -0.2) is 9.31 Å². The predicted octanol–water partition coefficient (Wildman–Crippen LogP) is 2.58. The minimum absolute atomic E-state index is 0.191. The second-order valence-corrected chi connectivity index (χ2v) is 4.93. The van der Waals surface area contributed by atoms with Gasteiger partial charge in [0.25, 0.3) is 0 Å². The number of ether oxygens (including phenoxy) is 1. The first-order valence-electron chi connectivity index (χ1n) is 7.08. The molecule has 0 radical (unpaired) electrons. The molecule has 0 atom stereocenters. The highest BCUT2D eigenvalue weighted by Gasteiger charge is 2.20. The molecule has 3 aromatic rings. The zero-order chi connectivity index (χ0) is 15.7. The summed E-state index contributed by atoms with van der Waals surface area (Å²) in [6.07, 6.45) is 0. The average Bonchev–Trinajstić information content (AvgIpc) is 2.87. The van der Waals surface area contributed by atoms with Crippen LogP contribution < -0.4 is 0 Å². The van der Waals surface area contributed by atoms with E-state index in [-0.39, 0.29) is 5.69 Å². The van der Waals surface area contributed by atoms with Crippen LogP contribution >= 0.6 is 0 Å². The SMILES string of the molecule is CCOC(=O)c1nnc2c(C)c(-c3ccccc3)nn2c1C. The van der Waals surface area contributed by atoms with Gasteiger partial charge in [-0.2, -0.15) is 5.10 Å². The van der Waals surface area contributed by atoms with E-state index in [9.17, 15) is 4.79 Å². The quantitative estimate of drug-likeness (QED) is 0.695. The summed E-state index contributed by atoms with van der Waals surface area (Å²) < 4.78 is 6.65. The zero-order valence-corrected chi connectivity index (χ0v) is 12.7. The molecular weight excluding hydrogens is 280 g/mol. The van der Waals surface area contributed by atoms with Crippen LogP contribution in [0.3, 0.4) is 0 Å². The lowest BCUT2D eigenvalue weighted by Crippen LogP contribution is -2.14. The van der Waals surface area contributed by atoms with E-state index in [1.807, 2.05) is 37.3 Å². The van der Waals surface area contributed by atoms with Crippen LogP contribution in [0.1, 0.15) is 28.7 Å². The van der Waals surface area contributed by atoms with E-state index in [0.29, 0.717) is 17.9 Å². The van der Waals surface area contributed by atoms with Crippen molar-refractivity contribution in [2.75, 3.05) is 6.61 Å². The van der Waals surface area contributed by atoms with Crippen molar-refractivity contribution in [1.29, 1.82) is 0 Å². The van der Waals surface area contributed by atoms with Crippen LogP contribution in [0.5, 0.6) is 0 Å². The normalized spacial score (nSPS) is 10.9. The van der Waals surface area contributed by atoms with Crippen LogP contribution in [0.4, 0.5) is 0 Å². The Morgan fingerprint density at radius 3 is 2.59 bits per heavy atom. The Kier molecular flexibility index (Phi) is 3.58. The van der Waals surface area contributed by atoms with Gasteiger partial charge in [-0.05, 0) is 20.8 Å². The summed E-state index contributed by atoms with van der Waals surface area (Å²) in [5, 5.41) is 12.7. The molecule has 2 heterocycles. The molecule has 0 fully saturated rings. The molecule has 0 unspecified atom stereocenters. The van der Waals surface area contributed by atoms with Gasteiger partial charge in [0.2, 0.25) is 0 Å². The van der Waals surface area contributed by atoms with E-state index < -0.39 is 5.97 Å². The third kappa shape index (κ3) is 2.22. The number of fused-ring (bicyclic) bond motifs is 1. The highest BCUT2D eigenvalue weighted by Crippen LogP contribution is 2.25. The van der Waals surface area contributed by atoms with Crippen molar-refractivity contribution in [3.8, 4) is 11.3 Å². The van der Waals surface area contributed by atoms with Gasteiger partial charge < -0.3 is 4.74 Å². The van der Waals surface area contributed by atoms with E-state index in [1.165, 1.54) is 0 Å². The summed E-state index contributed by atoms with van der Waals surface area (Å²) >= 11 is 0. The molecule has 0 bridgehead atoms. The van der Waals surface area contributed by atoms with Gasteiger partial charge in [0.1, 0.15) is 0 Å². The Morgan fingerprint density at radius 2 is 1.91 bits per heavy atom. The van der Waals surface area contributed by atoms with Crippen LogP contribution in [0, 0.1) is 13.8 Å². The number of hydrogen-bond acceptors (Lipinski definition) is 5. The van der Waals surface area contributed by atoms with Crippen LogP contribution in [-0.4, -0.2) is 32.4 Å². The molecule has 0 amide bonds. The molecule has 0 saturated heterocycles. The summed E-state index contributed by atoms with van der Waals surface area (Å²) in [4.78, 5) is 11.9. The number of nitrogens with zero attached hydrogens (tertiary/aromatic N) is 4. The van der Waals surface area contributed by atoms with E-state index in [2.05, 4.69) is 15.3 Å². The minimum atomic E-state index is -0.483. The molecule has 22 heavy (non-hydrogen) atoms. The van der Waals surface area contributed by atoms with Gasteiger partial charge in [0.05, 0.1) is 18.0 Å². The van der Waals surface area contributed by atoms with Crippen LogP contribution in [0.25, 0.3) is 16.9 Å². The first-order valence-corrected chi connectivity index (χ1v) is 7.08. The molecule has 112 valence electrons. The first kappa shape index (κ1) is 14.2. The Hall–Kier alpha value is -2.76. The molecule has 0 saturated carbocycles. The van der Waals surface area contributed by atoms with Crippen molar-refractivity contribution in [3.05, 3.63) is 47.3 Å². The number of aryl methyl sites for hydroxylation is 2. The van der Waals surface area contributed by atoms with Crippen LogP contribution in [0.2, 0.25) is 0 Å². The maximum absolute atomic E-state index is 11.9. The number of aromatic nitrogens is 4. The van der Waals surface area contributed by atoms with Gasteiger partial charge >= 0.3 is 5.97 Å². The number of carbonyl (C=O) groups excluding carboxylic acids is 1. The molecule has 0 aliphatic carbocycles. The van der Waals surface area contributed by atoms with Gasteiger partial charge in [-0.15, -0.1) is 10.2 Å². The Balaban J connectivity index is 2.18. The standard InChI is InChI=1S/C16H16N4O2/c1-4-22-16(21)14-11(3)20-15(18-17-14)10(2)13(19-20)12-8-6-5-7-9-12/h5-9H,4H2,1-3H3. The van der Waals surface area contributed by atoms with E-state index in [1.54, 1.807) is 18.4 Å². The average molecular weight is 296 g/mol. The Morgan fingerprint density at radius 1 is 1.18 bits per heavy atom. The van der Waals surface area contributed by atoms with E-state index >= 15 is 0 Å². The largest absolute Gasteiger partial charge is 0.461 e. The summed E-state index contributed by atoms with van der Waals surface area (Å²) in [5.74, 6) is -0.483. The molecule has 0 aliphatic rings. The van der Waals surface area contributed by atoms with Crippen molar-refractivity contribution in [1.82, 2.24) is 19.8 Å². The number of hydrogen-bond donors (Lipinski definition) is 0. The number of rotatable bonds is 3. The minimum Gasteiger partial charge on any atom is -0.461 e. The molecule has 2 aromatic heterocycles. The monoisotopic (exact) mass is 296 g/mol. The first-order chi connectivity index (χ1) is 10.6. The fourth-order valence-corrected chi connectivity index (χ4v) is 2.37. The smallest absolute Gasteiger partial charge is 0.360 e. The third-order valence-electron chi connectivity index (χ3n) is 3.51. The number of esters is 1. The molecule has 6 nitrogen and oxygen atoms in total. The fraction of sp³-hybridized carbons (Fsp3) is 0.250. The Bertz CT molecular complexity index is 840. The fourth-order valence-electron chi connectivity index (χ4n) is 2.37. The second-order valence-electron chi connectivity index (χ2n) is 4.93. The third-order valence-corrected chi connectivity index (χ3v) is 3.51. The molecule has 0 aliphatic heterocycles. The molecule has 6 heteroatoms. The lowest BCUT2D eigenvalue weighted by Gasteiger charge is -2.04. The molecule has 0 spiro atoms. The van der Waals surface area contributed by atoms with Gasteiger partial charge in [0, 0.05) is 11.1 Å². The summed E-state index contributed by atoms with van der Waals surface area (Å²) in [6.45, 7) is 5.79. The van der Waals surface area contributed by atoms with Gasteiger partial charge in [-0.3, -0.25) is 0 Å².